The second-order valence-corrected chi connectivity index (χ2v) is 4.94. The van der Waals surface area contributed by atoms with Crippen molar-refractivity contribution in [3.63, 3.8) is 0 Å². The van der Waals surface area contributed by atoms with Gasteiger partial charge in [-0.05, 0) is 30.3 Å². The van der Waals surface area contributed by atoms with Crippen molar-refractivity contribution in [3.05, 3.63) is 53.6 Å². The molecular formula is C18H20N2O4. The summed E-state index contributed by atoms with van der Waals surface area (Å²) in [6.45, 7) is 0.251. The van der Waals surface area contributed by atoms with Gasteiger partial charge in [0.1, 0.15) is 11.5 Å². The number of carbonyl (C=O) groups is 1. The van der Waals surface area contributed by atoms with E-state index in [1.54, 1.807) is 32.4 Å². The van der Waals surface area contributed by atoms with E-state index in [1.165, 1.54) is 7.11 Å². The SMILES string of the molecule is COC(=O)c1ccc(OC)c(NCC(=N)c2ccccc2OC)c1. The van der Waals surface area contributed by atoms with Gasteiger partial charge in [0, 0.05) is 5.56 Å². The van der Waals surface area contributed by atoms with Gasteiger partial charge in [0.05, 0.1) is 44.8 Å². The van der Waals surface area contributed by atoms with Crippen molar-refractivity contribution in [2.75, 3.05) is 33.2 Å². The van der Waals surface area contributed by atoms with Crippen LogP contribution in [-0.2, 0) is 4.74 Å². The first-order chi connectivity index (χ1) is 11.6. The summed E-state index contributed by atoms with van der Waals surface area (Å²) in [5.74, 6) is 0.788. The van der Waals surface area contributed by atoms with Crippen molar-refractivity contribution in [1.82, 2.24) is 0 Å². The van der Waals surface area contributed by atoms with Gasteiger partial charge >= 0.3 is 5.97 Å². The number of esters is 1. The van der Waals surface area contributed by atoms with E-state index < -0.39 is 5.97 Å². The van der Waals surface area contributed by atoms with Crippen LogP contribution in [-0.4, -0.2) is 39.6 Å². The Morgan fingerprint density at radius 1 is 1.04 bits per heavy atom. The van der Waals surface area contributed by atoms with Gasteiger partial charge in [-0.2, -0.15) is 0 Å². The van der Waals surface area contributed by atoms with Crippen molar-refractivity contribution in [3.8, 4) is 11.5 Å². The molecule has 0 unspecified atom stereocenters. The maximum atomic E-state index is 11.7. The summed E-state index contributed by atoms with van der Waals surface area (Å²) < 4.78 is 15.3. The molecule has 0 aliphatic rings. The first kappa shape index (κ1) is 17.3. The molecule has 0 fully saturated rings. The Bertz CT molecular complexity index is 744. The molecule has 0 atom stereocenters. The van der Waals surface area contributed by atoms with Crippen LogP contribution in [0.2, 0.25) is 0 Å². The lowest BCUT2D eigenvalue weighted by atomic mass is 10.1. The molecule has 0 heterocycles. The molecule has 2 aromatic rings. The number of carbonyl (C=O) groups excluding carboxylic acids is 1. The Labute approximate surface area is 140 Å². The molecule has 2 rings (SSSR count). The van der Waals surface area contributed by atoms with E-state index in [0.717, 1.165) is 0 Å². The number of anilines is 1. The molecule has 2 N–H and O–H groups in total. The predicted octanol–water partition coefficient (Wildman–Crippen LogP) is 2.97. The van der Waals surface area contributed by atoms with Crippen molar-refractivity contribution >= 4 is 17.4 Å². The zero-order chi connectivity index (χ0) is 17.5. The number of ether oxygens (including phenoxy) is 3. The van der Waals surface area contributed by atoms with Crippen LogP contribution >= 0.6 is 0 Å². The topological polar surface area (TPSA) is 80.6 Å². The zero-order valence-corrected chi connectivity index (χ0v) is 13.9. The molecule has 0 spiro atoms. The van der Waals surface area contributed by atoms with Crippen LogP contribution in [0.3, 0.4) is 0 Å². The normalized spacial score (nSPS) is 9.96. The lowest BCUT2D eigenvalue weighted by Crippen LogP contribution is -2.16. The Balaban J connectivity index is 2.18. The fourth-order valence-corrected chi connectivity index (χ4v) is 2.26. The fourth-order valence-electron chi connectivity index (χ4n) is 2.26. The van der Waals surface area contributed by atoms with Gasteiger partial charge in [0.15, 0.2) is 0 Å². The molecule has 6 heteroatoms. The monoisotopic (exact) mass is 328 g/mol. The Morgan fingerprint density at radius 3 is 2.42 bits per heavy atom. The maximum absolute atomic E-state index is 11.7. The number of methoxy groups -OCH3 is 3. The number of rotatable bonds is 7. The summed E-state index contributed by atoms with van der Waals surface area (Å²) in [5.41, 5.74) is 2.08. The molecule has 0 saturated heterocycles. The van der Waals surface area contributed by atoms with Crippen LogP contribution in [0.4, 0.5) is 5.69 Å². The lowest BCUT2D eigenvalue weighted by molar-refractivity contribution is 0.0601. The zero-order valence-electron chi connectivity index (χ0n) is 13.9. The number of para-hydroxylation sites is 1. The number of hydrogen-bond donors (Lipinski definition) is 2. The second kappa shape index (κ2) is 8.01. The minimum absolute atomic E-state index is 0.251. The number of hydrogen-bond acceptors (Lipinski definition) is 6. The predicted molar refractivity (Wildman–Crippen MR) is 92.6 cm³/mol. The highest BCUT2D eigenvalue weighted by Crippen LogP contribution is 2.26. The van der Waals surface area contributed by atoms with Gasteiger partial charge in [0.25, 0.3) is 0 Å². The van der Waals surface area contributed by atoms with E-state index in [0.29, 0.717) is 34.0 Å². The highest BCUT2D eigenvalue weighted by atomic mass is 16.5. The van der Waals surface area contributed by atoms with Gasteiger partial charge in [-0.15, -0.1) is 0 Å². The molecule has 0 radical (unpaired) electrons. The highest BCUT2D eigenvalue weighted by Gasteiger charge is 2.12. The quantitative estimate of drug-likeness (QED) is 0.603. The average Bonchev–Trinajstić information content (AvgIpc) is 2.64. The van der Waals surface area contributed by atoms with Crippen LogP contribution in [0, 0.1) is 5.41 Å². The molecule has 0 aliphatic carbocycles. The van der Waals surface area contributed by atoms with Crippen molar-refractivity contribution < 1.29 is 19.0 Å². The van der Waals surface area contributed by atoms with Crippen molar-refractivity contribution in [2.45, 2.75) is 0 Å². The summed E-state index contributed by atoms with van der Waals surface area (Å²) >= 11 is 0. The summed E-state index contributed by atoms with van der Waals surface area (Å²) in [6.07, 6.45) is 0. The fraction of sp³-hybridized carbons (Fsp3) is 0.222. The molecule has 0 aromatic heterocycles. The lowest BCUT2D eigenvalue weighted by Gasteiger charge is -2.14. The van der Waals surface area contributed by atoms with Crippen LogP contribution < -0.4 is 14.8 Å². The first-order valence-corrected chi connectivity index (χ1v) is 7.31. The summed E-state index contributed by atoms with van der Waals surface area (Å²) in [7, 11) is 4.45. The molecular weight excluding hydrogens is 308 g/mol. The molecule has 126 valence electrons. The van der Waals surface area contributed by atoms with E-state index in [2.05, 4.69) is 5.32 Å². The Kier molecular flexibility index (Phi) is 5.78. The van der Waals surface area contributed by atoms with Crippen LogP contribution in [0.5, 0.6) is 11.5 Å². The molecule has 6 nitrogen and oxygen atoms in total. The first-order valence-electron chi connectivity index (χ1n) is 7.31. The minimum atomic E-state index is -0.430. The van der Waals surface area contributed by atoms with Gasteiger partial charge < -0.3 is 24.9 Å². The highest BCUT2D eigenvalue weighted by molar-refractivity contribution is 6.03. The summed E-state index contributed by atoms with van der Waals surface area (Å²) in [5, 5.41) is 11.4. The summed E-state index contributed by atoms with van der Waals surface area (Å²) in [6, 6.07) is 12.3. The third-order valence-electron chi connectivity index (χ3n) is 3.51. The van der Waals surface area contributed by atoms with E-state index in [1.807, 2.05) is 24.3 Å². The standard InChI is InChI=1S/C18H20N2O4/c1-22-16-7-5-4-6-13(16)14(19)11-20-15-10-12(18(21)24-3)8-9-17(15)23-2/h4-10,19-20H,11H2,1-3H3. The average molecular weight is 328 g/mol. The van der Waals surface area contributed by atoms with Crippen LogP contribution in [0.25, 0.3) is 0 Å². The number of nitrogens with one attached hydrogen (secondary N) is 2. The second-order valence-electron chi connectivity index (χ2n) is 4.94. The van der Waals surface area contributed by atoms with Crippen molar-refractivity contribution in [2.24, 2.45) is 0 Å². The molecule has 0 amide bonds. The largest absolute Gasteiger partial charge is 0.496 e. The van der Waals surface area contributed by atoms with Crippen LogP contribution in [0.1, 0.15) is 15.9 Å². The minimum Gasteiger partial charge on any atom is -0.496 e. The van der Waals surface area contributed by atoms with E-state index in [-0.39, 0.29) is 6.54 Å². The van der Waals surface area contributed by atoms with Gasteiger partial charge in [-0.3, -0.25) is 0 Å². The third-order valence-corrected chi connectivity index (χ3v) is 3.51. The molecule has 2 aromatic carbocycles. The van der Waals surface area contributed by atoms with E-state index in [9.17, 15) is 4.79 Å². The van der Waals surface area contributed by atoms with Gasteiger partial charge in [-0.1, -0.05) is 12.1 Å². The molecule has 24 heavy (non-hydrogen) atoms. The van der Waals surface area contributed by atoms with E-state index >= 15 is 0 Å². The molecule has 0 saturated carbocycles. The molecule has 0 aliphatic heterocycles. The smallest absolute Gasteiger partial charge is 0.337 e. The van der Waals surface area contributed by atoms with Gasteiger partial charge in [0.2, 0.25) is 0 Å². The maximum Gasteiger partial charge on any atom is 0.337 e. The third kappa shape index (κ3) is 3.84. The summed E-state index contributed by atoms with van der Waals surface area (Å²) in [4.78, 5) is 11.7. The van der Waals surface area contributed by atoms with Crippen LogP contribution in [0.15, 0.2) is 42.5 Å². The van der Waals surface area contributed by atoms with E-state index in [4.69, 9.17) is 19.6 Å². The molecule has 0 bridgehead atoms. The van der Waals surface area contributed by atoms with Gasteiger partial charge in [-0.25, -0.2) is 4.79 Å². The Morgan fingerprint density at radius 2 is 1.75 bits per heavy atom. The number of benzene rings is 2. The van der Waals surface area contributed by atoms with Crippen molar-refractivity contribution in [1.29, 1.82) is 5.41 Å². The Hall–Kier alpha value is -3.02.